The summed E-state index contributed by atoms with van der Waals surface area (Å²) in [5.41, 5.74) is 16.2. The van der Waals surface area contributed by atoms with Gasteiger partial charge in [0.05, 0.1) is 6.04 Å². The molecule has 0 bridgehead atoms. The number of aromatic nitrogens is 2. The van der Waals surface area contributed by atoms with Crippen molar-refractivity contribution in [2.24, 2.45) is 11.5 Å². The maximum atomic E-state index is 13.6. The van der Waals surface area contributed by atoms with Crippen molar-refractivity contribution < 1.29 is 19.2 Å². The number of rotatable bonds is 13. The van der Waals surface area contributed by atoms with Gasteiger partial charge >= 0.3 is 0 Å². The van der Waals surface area contributed by atoms with Gasteiger partial charge in [-0.25, -0.2) is 0 Å². The zero-order valence-corrected chi connectivity index (χ0v) is 24.9. The molecule has 45 heavy (non-hydrogen) atoms. The van der Waals surface area contributed by atoms with E-state index in [1.807, 2.05) is 85.1 Å². The van der Waals surface area contributed by atoms with E-state index in [0.717, 1.165) is 38.5 Å². The molecule has 0 unspecified atom stereocenters. The number of hydrogen-bond donors (Lipinski definition) is 7. The fourth-order valence-corrected chi connectivity index (χ4v) is 5.39. The maximum absolute atomic E-state index is 13.6. The lowest BCUT2D eigenvalue weighted by Crippen LogP contribution is -2.57. The number of benzene rings is 3. The van der Waals surface area contributed by atoms with Crippen LogP contribution in [0.15, 0.2) is 91.3 Å². The zero-order chi connectivity index (χ0) is 31.9. The topological polar surface area (TPSA) is 188 Å². The van der Waals surface area contributed by atoms with Crippen molar-refractivity contribution in [2.45, 2.75) is 50.4 Å². The SMILES string of the molecule is C[C@H](NC(=O)[C@H](N)Cc1c[nH]c2ccccc12)C(=O)N[C@@H](Cc1c[nH]c2ccccc12)C(=O)N[C@H](Cc1ccccc1)C(N)=O. The Bertz CT molecular complexity index is 1810. The third-order valence-corrected chi connectivity index (χ3v) is 7.88. The minimum Gasteiger partial charge on any atom is -0.368 e. The number of nitrogens with one attached hydrogen (secondary N) is 5. The molecule has 0 aliphatic heterocycles. The molecule has 0 fully saturated rings. The van der Waals surface area contributed by atoms with Gasteiger partial charge in [-0.15, -0.1) is 0 Å². The molecular formula is C34H37N7O4. The van der Waals surface area contributed by atoms with Crippen LogP contribution < -0.4 is 27.4 Å². The van der Waals surface area contributed by atoms with Crippen molar-refractivity contribution in [3.8, 4) is 0 Å². The van der Waals surface area contributed by atoms with Crippen LogP contribution in [0.5, 0.6) is 0 Å². The van der Waals surface area contributed by atoms with E-state index in [4.69, 9.17) is 11.5 Å². The Morgan fingerprint density at radius 2 is 1.18 bits per heavy atom. The van der Waals surface area contributed by atoms with E-state index in [0.29, 0.717) is 0 Å². The Balaban J connectivity index is 1.28. The number of carbonyl (C=O) groups excluding carboxylic acids is 4. The number of H-pyrrole nitrogens is 2. The summed E-state index contributed by atoms with van der Waals surface area (Å²) in [5, 5.41) is 10.0. The lowest BCUT2D eigenvalue weighted by molar-refractivity contribution is -0.133. The number of amides is 4. The van der Waals surface area contributed by atoms with Gasteiger partial charge in [-0.2, -0.15) is 0 Å². The average Bonchev–Trinajstić information content (AvgIpc) is 3.64. The Morgan fingerprint density at radius 3 is 1.78 bits per heavy atom. The molecule has 0 aliphatic carbocycles. The van der Waals surface area contributed by atoms with Crippen LogP contribution in [0, 0.1) is 0 Å². The van der Waals surface area contributed by atoms with Crippen molar-refractivity contribution in [2.75, 3.05) is 0 Å². The van der Waals surface area contributed by atoms with Crippen LogP contribution in [0.3, 0.4) is 0 Å². The van der Waals surface area contributed by atoms with Crippen molar-refractivity contribution in [1.82, 2.24) is 25.9 Å². The number of carbonyl (C=O) groups is 4. The Labute approximate surface area is 260 Å². The summed E-state index contributed by atoms with van der Waals surface area (Å²) in [6, 6.07) is 20.5. The van der Waals surface area contributed by atoms with Crippen molar-refractivity contribution in [3.05, 3.63) is 108 Å². The summed E-state index contributed by atoms with van der Waals surface area (Å²) < 4.78 is 0. The Kier molecular flexibility index (Phi) is 9.59. The molecule has 4 amide bonds. The van der Waals surface area contributed by atoms with Crippen LogP contribution in [0.4, 0.5) is 0 Å². The van der Waals surface area contributed by atoms with Gasteiger partial charge in [0.2, 0.25) is 23.6 Å². The minimum atomic E-state index is -1.08. The number of nitrogens with two attached hydrogens (primary N) is 2. The minimum absolute atomic E-state index is 0.124. The summed E-state index contributed by atoms with van der Waals surface area (Å²) in [5.74, 6) is -2.37. The van der Waals surface area contributed by atoms with E-state index in [9.17, 15) is 19.2 Å². The third kappa shape index (κ3) is 7.57. The molecule has 0 saturated heterocycles. The highest BCUT2D eigenvalue weighted by Gasteiger charge is 2.29. The van der Waals surface area contributed by atoms with Gasteiger partial charge in [0, 0.05) is 47.0 Å². The van der Waals surface area contributed by atoms with Crippen LogP contribution >= 0.6 is 0 Å². The second-order valence-corrected chi connectivity index (χ2v) is 11.2. The normalized spacial score (nSPS) is 13.9. The van der Waals surface area contributed by atoms with Crippen LogP contribution in [0.25, 0.3) is 21.8 Å². The first-order valence-electron chi connectivity index (χ1n) is 14.8. The molecule has 3 aromatic carbocycles. The second kappa shape index (κ2) is 13.9. The number of primary amides is 1. The van der Waals surface area contributed by atoms with Crippen molar-refractivity contribution >= 4 is 45.4 Å². The van der Waals surface area contributed by atoms with Gasteiger partial charge in [-0.05, 0) is 42.2 Å². The maximum Gasteiger partial charge on any atom is 0.243 e. The van der Waals surface area contributed by atoms with Gasteiger partial charge in [0.25, 0.3) is 0 Å². The second-order valence-electron chi connectivity index (χ2n) is 11.2. The fraction of sp³-hybridized carbons (Fsp3) is 0.235. The first kappa shape index (κ1) is 31.0. The standard InChI is InChI=1S/C34H37N7O4/c1-20(39-33(44)26(35)16-22-18-37-27-13-7-5-11-24(22)27)32(43)41-30(17-23-19-38-28-14-8-6-12-25(23)28)34(45)40-29(31(36)42)15-21-9-3-2-4-10-21/h2-14,18-20,26,29-30,37-38H,15-17,35H2,1H3,(H2,36,42)(H,39,44)(H,40,45)(H,41,43)/t20-,26+,29+,30-/m0/s1. The molecular weight excluding hydrogens is 570 g/mol. The summed E-state index contributed by atoms with van der Waals surface area (Å²) in [6.45, 7) is 1.52. The number of para-hydroxylation sites is 2. The molecule has 2 aromatic heterocycles. The van der Waals surface area contributed by atoms with Crippen LogP contribution in [0.1, 0.15) is 23.6 Å². The number of hydrogen-bond acceptors (Lipinski definition) is 5. The van der Waals surface area contributed by atoms with E-state index in [1.165, 1.54) is 6.92 Å². The molecule has 0 saturated carbocycles. The van der Waals surface area contributed by atoms with Crippen LogP contribution in [-0.4, -0.2) is 57.8 Å². The molecule has 232 valence electrons. The smallest absolute Gasteiger partial charge is 0.243 e. The lowest BCUT2D eigenvalue weighted by atomic mass is 10.0. The quantitative estimate of drug-likeness (QED) is 0.108. The van der Waals surface area contributed by atoms with Gasteiger partial charge in [0.1, 0.15) is 18.1 Å². The molecule has 9 N–H and O–H groups in total. The zero-order valence-electron chi connectivity index (χ0n) is 24.9. The molecule has 0 aliphatic rings. The van der Waals surface area contributed by atoms with E-state index in [2.05, 4.69) is 25.9 Å². The molecule has 4 atom stereocenters. The Morgan fingerprint density at radius 1 is 0.644 bits per heavy atom. The molecule has 5 rings (SSSR count). The molecule has 11 heteroatoms. The molecule has 5 aromatic rings. The van der Waals surface area contributed by atoms with E-state index in [-0.39, 0.29) is 19.3 Å². The average molecular weight is 608 g/mol. The van der Waals surface area contributed by atoms with Gasteiger partial charge in [-0.1, -0.05) is 66.7 Å². The highest BCUT2D eigenvalue weighted by atomic mass is 16.2. The highest BCUT2D eigenvalue weighted by molar-refractivity contribution is 5.95. The Hall–Kier alpha value is -5.42. The highest BCUT2D eigenvalue weighted by Crippen LogP contribution is 2.20. The summed E-state index contributed by atoms with van der Waals surface area (Å²) in [6.07, 6.45) is 4.18. The fourth-order valence-electron chi connectivity index (χ4n) is 5.39. The summed E-state index contributed by atoms with van der Waals surface area (Å²) in [4.78, 5) is 58.6. The van der Waals surface area contributed by atoms with E-state index < -0.39 is 47.8 Å². The van der Waals surface area contributed by atoms with Crippen molar-refractivity contribution in [1.29, 1.82) is 0 Å². The third-order valence-electron chi connectivity index (χ3n) is 7.88. The van der Waals surface area contributed by atoms with Crippen LogP contribution in [0.2, 0.25) is 0 Å². The van der Waals surface area contributed by atoms with Crippen molar-refractivity contribution in [3.63, 3.8) is 0 Å². The number of aromatic amines is 2. The molecule has 0 spiro atoms. The molecule has 11 nitrogen and oxygen atoms in total. The van der Waals surface area contributed by atoms with Gasteiger partial charge < -0.3 is 37.4 Å². The monoisotopic (exact) mass is 607 g/mol. The summed E-state index contributed by atoms with van der Waals surface area (Å²) in [7, 11) is 0. The van der Waals surface area contributed by atoms with Crippen LogP contribution in [-0.2, 0) is 38.4 Å². The summed E-state index contributed by atoms with van der Waals surface area (Å²) >= 11 is 0. The van der Waals surface area contributed by atoms with E-state index >= 15 is 0 Å². The molecule has 2 heterocycles. The molecule has 0 radical (unpaired) electrons. The van der Waals surface area contributed by atoms with Gasteiger partial charge in [0.15, 0.2) is 0 Å². The lowest BCUT2D eigenvalue weighted by Gasteiger charge is -2.24. The predicted molar refractivity (Wildman–Crippen MR) is 173 cm³/mol. The van der Waals surface area contributed by atoms with Gasteiger partial charge in [-0.3, -0.25) is 19.2 Å². The first-order valence-corrected chi connectivity index (χ1v) is 14.8. The first-order chi connectivity index (χ1) is 21.7. The largest absolute Gasteiger partial charge is 0.368 e. The number of fused-ring (bicyclic) bond motifs is 2. The predicted octanol–water partition coefficient (Wildman–Crippen LogP) is 1.96. The van der Waals surface area contributed by atoms with E-state index in [1.54, 1.807) is 6.20 Å².